The van der Waals surface area contributed by atoms with Crippen molar-refractivity contribution in [3.8, 4) is 18.1 Å². The number of nitrogen functional groups attached to an aromatic ring is 1. The zero-order valence-corrected chi connectivity index (χ0v) is 11.3. The molecule has 4 nitrogen and oxygen atoms in total. The summed E-state index contributed by atoms with van der Waals surface area (Å²) in [7, 11) is 0. The zero-order valence-electron chi connectivity index (χ0n) is 11.3. The third kappa shape index (κ3) is 5.26. The molecule has 1 rings (SSSR count). The zero-order chi connectivity index (χ0) is 16.0. The van der Waals surface area contributed by atoms with Crippen LogP contribution in [0.2, 0.25) is 0 Å². The lowest BCUT2D eigenvalue weighted by atomic mass is 10.1. The van der Waals surface area contributed by atoms with Crippen LogP contribution >= 0.6 is 0 Å². The number of halogens is 3. The highest BCUT2D eigenvalue weighted by atomic mass is 19.4. The smallest absolute Gasteiger partial charge is 0.404 e. The van der Waals surface area contributed by atoms with Crippen LogP contribution < -0.4 is 15.8 Å². The van der Waals surface area contributed by atoms with Gasteiger partial charge in [0.05, 0.1) is 5.69 Å². The lowest BCUT2D eigenvalue weighted by molar-refractivity contribution is -0.274. The second-order valence-electron chi connectivity index (χ2n) is 4.29. The van der Waals surface area contributed by atoms with Gasteiger partial charge in [0.15, 0.2) is 5.75 Å². The van der Waals surface area contributed by atoms with Gasteiger partial charge in [-0.2, -0.15) is 0 Å². The monoisotopic (exact) mass is 300 g/mol. The van der Waals surface area contributed by atoms with E-state index in [2.05, 4.69) is 16.0 Å². The minimum Gasteiger partial charge on any atom is -0.404 e. The Morgan fingerprint density at radius 2 is 2.19 bits per heavy atom. The molecule has 114 valence electrons. The average Bonchev–Trinajstić information content (AvgIpc) is 2.39. The van der Waals surface area contributed by atoms with Gasteiger partial charge in [-0.05, 0) is 24.6 Å². The summed E-state index contributed by atoms with van der Waals surface area (Å²) in [5, 5.41) is 2.68. The van der Waals surface area contributed by atoms with Gasteiger partial charge in [0, 0.05) is 18.0 Å². The van der Waals surface area contributed by atoms with Gasteiger partial charge >= 0.3 is 6.36 Å². The SMILES string of the molecule is C#CCC(CC)NC(=O)c1ccc(OC(F)(F)F)c(N)c1. The molecule has 1 aromatic rings. The average molecular weight is 300 g/mol. The molecule has 0 saturated carbocycles. The number of alkyl halides is 3. The third-order valence-corrected chi connectivity index (χ3v) is 2.69. The molecule has 7 heteroatoms. The largest absolute Gasteiger partial charge is 0.573 e. The molecule has 0 heterocycles. The number of amides is 1. The maximum absolute atomic E-state index is 12.1. The van der Waals surface area contributed by atoms with Crippen molar-refractivity contribution in [1.82, 2.24) is 5.32 Å². The number of anilines is 1. The van der Waals surface area contributed by atoms with E-state index in [1.165, 1.54) is 6.07 Å². The topological polar surface area (TPSA) is 64.3 Å². The molecule has 0 bridgehead atoms. The molecule has 3 N–H and O–H groups in total. The number of rotatable bonds is 5. The molecule has 1 unspecified atom stereocenters. The lowest BCUT2D eigenvalue weighted by Crippen LogP contribution is -2.34. The Bertz CT molecular complexity index is 550. The molecule has 0 saturated heterocycles. The van der Waals surface area contributed by atoms with Gasteiger partial charge in [0.2, 0.25) is 0 Å². The van der Waals surface area contributed by atoms with E-state index < -0.39 is 18.0 Å². The second kappa shape index (κ2) is 6.88. The summed E-state index contributed by atoms with van der Waals surface area (Å²) in [5.74, 6) is 1.43. The van der Waals surface area contributed by atoms with Crippen molar-refractivity contribution < 1.29 is 22.7 Å². The van der Waals surface area contributed by atoms with Gasteiger partial charge in [-0.15, -0.1) is 25.5 Å². The Morgan fingerprint density at radius 3 is 2.67 bits per heavy atom. The molecule has 1 aromatic carbocycles. The highest BCUT2D eigenvalue weighted by Gasteiger charge is 2.32. The van der Waals surface area contributed by atoms with Crippen LogP contribution in [0.1, 0.15) is 30.1 Å². The minimum absolute atomic E-state index is 0.137. The van der Waals surface area contributed by atoms with Crippen molar-refractivity contribution >= 4 is 11.6 Å². The van der Waals surface area contributed by atoms with E-state index in [-0.39, 0.29) is 17.3 Å². The number of benzene rings is 1. The second-order valence-corrected chi connectivity index (χ2v) is 4.29. The number of carbonyl (C=O) groups excluding carboxylic acids is 1. The van der Waals surface area contributed by atoms with E-state index in [1.54, 1.807) is 0 Å². The van der Waals surface area contributed by atoms with Crippen LogP contribution in [0.15, 0.2) is 18.2 Å². The van der Waals surface area contributed by atoms with E-state index in [1.807, 2.05) is 6.92 Å². The Balaban J connectivity index is 2.83. The lowest BCUT2D eigenvalue weighted by Gasteiger charge is -2.15. The molecule has 0 aliphatic rings. The maximum Gasteiger partial charge on any atom is 0.573 e. The van der Waals surface area contributed by atoms with Crippen molar-refractivity contribution in [3.05, 3.63) is 23.8 Å². The molecule has 0 fully saturated rings. The first-order chi connectivity index (χ1) is 9.76. The number of nitrogens with two attached hydrogens (primary N) is 1. The van der Waals surface area contributed by atoms with Gasteiger partial charge in [0.1, 0.15) is 0 Å². The van der Waals surface area contributed by atoms with Crippen LogP contribution in [-0.4, -0.2) is 18.3 Å². The van der Waals surface area contributed by atoms with Gasteiger partial charge in [0.25, 0.3) is 5.91 Å². The first-order valence-electron chi connectivity index (χ1n) is 6.16. The molecular formula is C14H15F3N2O2. The summed E-state index contributed by atoms with van der Waals surface area (Å²) in [6, 6.07) is 3.13. The fourth-order valence-electron chi connectivity index (χ4n) is 1.62. The van der Waals surface area contributed by atoms with Gasteiger partial charge < -0.3 is 15.8 Å². The molecule has 1 amide bonds. The predicted octanol–water partition coefficient (Wildman–Crippen LogP) is 2.70. The van der Waals surface area contributed by atoms with Crippen molar-refractivity contribution in [2.75, 3.05) is 5.73 Å². The number of nitrogens with one attached hydrogen (secondary N) is 1. The first kappa shape index (κ1) is 16.7. The van der Waals surface area contributed by atoms with E-state index in [9.17, 15) is 18.0 Å². The van der Waals surface area contributed by atoms with Crippen molar-refractivity contribution in [2.24, 2.45) is 0 Å². The molecule has 0 radical (unpaired) electrons. The number of hydrogen-bond acceptors (Lipinski definition) is 3. The fourth-order valence-corrected chi connectivity index (χ4v) is 1.62. The van der Waals surface area contributed by atoms with Crippen LogP contribution in [-0.2, 0) is 0 Å². The van der Waals surface area contributed by atoms with Crippen molar-refractivity contribution in [2.45, 2.75) is 32.2 Å². The third-order valence-electron chi connectivity index (χ3n) is 2.69. The van der Waals surface area contributed by atoms with Crippen LogP contribution in [0.25, 0.3) is 0 Å². The number of ether oxygens (including phenoxy) is 1. The number of carbonyl (C=O) groups is 1. The Hall–Kier alpha value is -2.36. The van der Waals surface area contributed by atoms with E-state index >= 15 is 0 Å². The van der Waals surface area contributed by atoms with Crippen molar-refractivity contribution in [1.29, 1.82) is 0 Å². The fraction of sp³-hybridized carbons (Fsp3) is 0.357. The highest BCUT2D eigenvalue weighted by Crippen LogP contribution is 2.28. The van der Waals surface area contributed by atoms with Gasteiger partial charge in [-0.1, -0.05) is 6.92 Å². The first-order valence-corrected chi connectivity index (χ1v) is 6.16. The molecule has 0 aromatic heterocycles. The van der Waals surface area contributed by atoms with Crippen LogP contribution in [0.3, 0.4) is 0 Å². The van der Waals surface area contributed by atoms with E-state index in [4.69, 9.17) is 12.2 Å². The number of terminal acetylenes is 1. The quantitative estimate of drug-likeness (QED) is 0.649. The Morgan fingerprint density at radius 1 is 1.52 bits per heavy atom. The summed E-state index contributed by atoms with van der Waals surface area (Å²) >= 11 is 0. The molecule has 0 spiro atoms. The van der Waals surface area contributed by atoms with Crippen molar-refractivity contribution in [3.63, 3.8) is 0 Å². The maximum atomic E-state index is 12.1. The van der Waals surface area contributed by atoms with Crippen LogP contribution in [0.5, 0.6) is 5.75 Å². The van der Waals surface area contributed by atoms with Gasteiger partial charge in [-0.3, -0.25) is 4.79 Å². The molecule has 0 aliphatic carbocycles. The number of hydrogen-bond donors (Lipinski definition) is 2. The van der Waals surface area contributed by atoms with E-state index in [0.29, 0.717) is 12.8 Å². The molecular weight excluding hydrogens is 285 g/mol. The van der Waals surface area contributed by atoms with Gasteiger partial charge in [-0.25, -0.2) is 0 Å². The van der Waals surface area contributed by atoms with E-state index in [0.717, 1.165) is 12.1 Å². The highest BCUT2D eigenvalue weighted by molar-refractivity contribution is 5.95. The summed E-state index contributed by atoms with van der Waals surface area (Å²) < 4.78 is 40.0. The Labute approximate surface area is 120 Å². The standard InChI is InChI=1S/C14H15F3N2O2/c1-3-5-10(4-2)19-13(20)9-6-7-12(11(18)8-9)21-14(15,16)17/h1,6-8,10H,4-5,18H2,2H3,(H,19,20). The minimum atomic E-state index is -4.84. The summed E-state index contributed by atoms with van der Waals surface area (Å²) in [6.45, 7) is 1.86. The Kier molecular flexibility index (Phi) is 5.47. The summed E-state index contributed by atoms with van der Waals surface area (Å²) in [5.41, 5.74) is 5.31. The molecule has 0 aliphatic heterocycles. The van der Waals surface area contributed by atoms with Crippen LogP contribution in [0.4, 0.5) is 18.9 Å². The van der Waals surface area contributed by atoms with Crippen LogP contribution in [0, 0.1) is 12.3 Å². The molecule has 21 heavy (non-hydrogen) atoms. The molecule has 1 atom stereocenters. The normalized spacial score (nSPS) is 12.3. The predicted molar refractivity (Wildman–Crippen MR) is 72.5 cm³/mol. The summed E-state index contributed by atoms with van der Waals surface area (Å²) in [6.07, 6.45) is 1.35. The summed E-state index contributed by atoms with van der Waals surface area (Å²) in [4.78, 5) is 11.9.